The normalized spacial score (nSPS) is 13.5. The van der Waals surface area contributed by atoms with E-state index in [9.17, 15) is 62.6 Å². The number of amides is 10. The molecular weight excluding hydrogens is 1010 g/mol. The summed E-state index contributed by atoms with van der Waals surface area (Å²) in [6.45, 7) is -1.21. The first-order valence-electron chi connectivity index (χ1n) is 21.9. The molecule has 0 aliphatic carbocycles. The number of carboxylic acids is 2. The number of thioether (sulfide) groups is 1. The van der Waals surface area contributed by atoms with Crippen molar-refractivity contribution in [2.24, 2.45) is 22.2 Å². The Labute approximate surface area is 429 Å². The highest BCUT2D eigenvalue weighted by atomic mass is 32.2. The van der Waals surface area contributed by atoms with Crippen LogP contribution in [0.3, 0.4) is 0 Å². The smallest absolute Gasteiger partial charge is 0.325 e. The quantitative estimate of drug-likeness (QED) is 0.0132. The Morgan fingerprint density at radius 3 is 1.54 bits per heavy atom. The first kappa shape index (κ1) is 63.2. The van der Waals surface area contributed by atoms with E-state index in [1.54, 1.807) is 36.6 Å². The Kier molecular flexibility index (Phi) is 30.2. The van der Waals surface area contributed by atoms with Gasteiger partial charge in [-0.1, -0.05) is 30.3 Å². The van der Waals surface area contributed by atoms with E-state index in [0.29, 0.717) is 5.56 Å². The van der Waals surface area contributed by atoms with Gasteiger partial charge in [-0.3, -0.25) is 62.5 Å². The van der Waals surface area contributed by atoms with E-state index in [1.807, 2.05) is 0 Å². The van der Waals surface area contributed by atoms with Crippen LogP contribution in [0.2, 0.25) is 0 Å². The van der Waals surface area contributed by atoms with E-state index in [4.69, 9.17) is 22.3 Å². The standard InChI is InChI=1S/C41H64N14O14S3/c1-21(40(68)69)49-38(66)27(19-70)51-32(59)18-48-35(63)25(13-22-7-4-3-5-8-22)55-36(64)24(10-12-72-2)54-37(65)26(14-33(60)61)50-31(58)17-47-34(62)23(9-6-11-45-41(43)44)53-39(67)28(20-71)52-30(57)16-46-29(56)15-42/h3-5,7-8,21,23-28,70-71H,6,9-20,42H2,1-2H3,(H,46,56)(H,47,62)(H,48,63)(H,49,66)(H,50,58)(H,51,59)(H,52,57)(H,53,67)(H,54,65)(H,55,64)(H,60,61)(H,68,69)(H4,43,44,45)/t21-,23-,24-,25-,26-,27-,28-/m0/s1. The van der Waals surface area contributed by atoms with Gasteiger partial charge in [-0.15, -0.1) is 0 Å². The molecule has 0 bridgehead atoms. The van der Waals surface area contributed by atoms with Gasteiger partial charge in [0.2, 0.25) is 59.1 Å². The lowest BCUT2D eigenvalue weighted by Crippen LogP contribution is -2.59. The van der Waals surface area contributed by atoms with Crippen LogP contribution >= 0.6 is 37.0 Å². The molecule has 1 aromatic rings. The lowest BCUT2D eigenvalue weighted by atomic mass is 10.0. The lowest BCUT2D eigenvalue weighted by Gasteiger charge is -2.25. The molecule has 72 heavy (non-hydrogen) atoms. The van der Waals surface area contributed by atoms with Crippen molar-refractivity contribution in [3.8, 4) is 0 Å². The number of nitrogens with one attached hydrogen (secondary N) is 10. The van der Waals surface area contributed by atoms with Crippen LogP contribution in [0.15, 0.2) is 35.3 Å². The molecule has 28 nitrogen and oxygen atoms in total. The van der Waals surface area contributed by atoms with E-state index in [2.05, 4.69) is 83.4 Å². The summed E-state index contributed by atoms with van der Waals surface area (Å²) >= 11 is 9.39. The zero-order valence-corrected chi connectivity index (χ0v) is 42.0. The van der Waals surface area contributed by atoms with Crippen LogP contribution in [0.1, 0.15) is 38.2 Å². The second kappa shape index (κ2) is 34.5. The number of aliphatic carboxylic acids is 2. The largest absolute Gasteiger partial charge is 0.481 e. The highest BCUT2D eigenvalue weighted by molar-refractivity contribution is 7.98. The summed E-state index contributed by atoms with van der Waals surface area (Å²) in [5.74, 6) is -12.2. The zero-order valence-electron chi connectivity index (χ0n) is 39.4. The summed E-state index contributed by atoms with van der Waals surface area (Å²) in [5.41, 5.74) is 16.5. The molecule has 0 aliphatic rings. The fraction of sp³-hybridized carbons (Fsp3) is 0.537. The predicted octanol–water partition coefficient (Wildman–Crippen LogP) is -6.82. The van der Waals surface area contributed by atoms with Crippen LogP contribution in [0.4, 0.5) is 0 Å². The molecule has 0 spiro atoms. The molecule has 0 radical (unpaired) electrons. The van der Waals surface area contributed by atoms with Crippen molar-refractivity contribution in [1.82, 2.24) is 53.2 Å². The highest BCUT2D eigenvalue weighted by Gasteiger charge is 2.32. The van der Waals surface area contributed by atoms with Crippen molar-refractivity contribution in [3.63, 3.8) is 0 Å². The maximum atomic E-state index is 13.9. The van der Waals surface area contributed by atoms with Crippen molar-refractivity contribution in [3.05, 3.63) is 35.9 Å². The van der Waals surface area contributed by atoms with Gasteiger partial charge in [-0.05, 0) is 43.8 Å². The van der Waals surface area contributed by atoms with Crippen molar-refractivity contribution in [1.29, 1.82) is 0 Å². The topological polar surface area (TPSA) is 456 Å². The number of carbonyl (C=O) groups excluding carboxylic acids is 10. The third-order valence-electron chi connectivity index (χ3n) is 9.64. The molecule has 1 aromatic carbocycles. The van der Waals surface area contributed by atoms with Gasteiger partial charge in [0.15, 0.2) is 5.96 Å². The molecule has 0 aromatic heterocycles. The number of guanidine groups is 1. The van der Waals surface area contributed by atoms with Gasteiger partial charge in [-0.25, -0.2) is 0 Å². The predicted molar refractivity (Wildman–Crippen MR) is 268 cm³/mol. The number of nitrogens with zero attached hydrogens (tertiary/aromatic N) is 1. The van der Waals surface area contributed by atoms with Crippen molar-refractivity contribution >= 4 is 114 Å². The average Bonchev–Trinajstić information content (AvgIpc) is 3.33. The molecule has 1 rings (SSSR count). The highest BCUT2D eigenvalue weighted by Crippen LogP contribution is 2.08. The Balaban J connectivity index is 3.21. The fourth-order valence-corrected chi connectivity index (χ4v) is 6.85. The van der Waals surface area contributed by atoms with E-state index >= 15 is 0 Å². The lowest BCUT2D eigenvalue weighted by molar-refractivity contribution is -0.141. The van der Waals surface area contributed by atoms with E-state index < -0.39 is 139 Å². The monoisotopic (exact) mass is 1070 g/mol. The molecule has 0 heterocycles. The van der Waals surface area contributed by atoms with Crippen LogP contribution in [0.5, 0.6) is 0 Å². The molecule has 400 valence electrons. The van der Waals surface area contributed by atoms with E-state index in [1.165, 1.54) is 18.7 Å². The molecule has 0 aliphatic heterocycles. The Bertz CT molecular complexity index is 2090. The Morgan fingerprint density at radius 2 is 1.06 bits per heavy atom. The summed E-state index contributed by atoms with van der Waals surface area (Å²) in [6.07, 6.45) is 0.560. The number of hydrogen-bond donors (Lipinski definition) is 17. The number of carboxylic acid groups (broad SMARTS) is 2. The molecule has 0 saturated carbocycles. The number of nitrogens with two attached hydrogens (primary N) is 3. The number of benzene rings is 1. The van der Waals surface area contributed by atoms with E-state index in [-0.39, 0.29) is 62.0 Å². The van der Waals surface area contributed by atoms with Gasteiger partial charge >= 0.3 is 11.9 Å². The minimum absolute atomic E-state index is 0.0245. The third kappa shape index (κ3) is 25.8. The number of rotatable bonds is 34. The number of aliphatic imine (C=N–C) groups is 1. The van der Waals surface area contributed by atoms with Crippen LogP contribution < -0.4 is 70.4 Å². The summed E-state index contributed by atoms with van der Waals surface area (Å²) in [7, 11) is 0. The molecule has 0 saturated heterocycles. The molecule has 18 N–H and O–H groups in total. The van der Waals surface area contributed by atoms with Crippen LogP contribution in [0, 0.1) is 0 Å². The maximum absolute atomic E-state index is 13.9. The van der Waals surface area contributed by atoms with Gasteiger partial charge in [0.05, 0.1) is 32.6 Å². The van der Waals surface area contributed by atoms with Gasteiger partial charge in [0, 0.05) is 24.5 Å². The first-order valence-corrected chi connectivity index (χ1v) is 24.6. The minimum Gasteiger partial charge on any atom is -0.481 e. The SMILES string of the molecule is CSCC[C@H](NC(=O)[C@H](CC(=O)O)NC(=O)CNC(=O)[C@H](CCCN=C(N)N)NC(=O)[C@H](CS)NC(=O)CNC(=O)CN)C(=O)N[C@@H](Cc1ccccc1)C(=O)NCC(=O)N[C@@H](CS)C(=O)N[C@@H](C)C(=O)O. The number of thiol groups is 2. The maximum Gasteiger partial charge on any atom is 0.325 e. The van der Waals surface area contributed by atoms with Gasteiger partial charge < -0.3 is 80.6 Å². The molecule has 0 fully saturated rings. The summed E-state index contributed by atoms with van der Waals surface area (Å²) < 4.78 is 0. The molecular formula is C41H64N14O14S3. The second-order valence-electron chi connectivity index (χ2n) is 15.4. The second-order valence-corrected chi connectivity index (χ2v) is 17.1. The van der Waals surface area contributed by atoms with E-state index in [0.717, 1.165) is 0 Å². The fourth-order valence-electron chi connectivity index (χ4n) is 5.87. The van der Waals surface area contributed by atoms with Gasteiger partial charge in [0.1, 0.15) is 42.3 Å². The minimum atomic E-state index is -1.82. The van der Waals surface area contributed by atoms with Crippen molar-refractivity contribution in [2.45, 2.75) is 81.3 Å². The van der Waals surface area contributed by atoms with Crippen LogP contribution in [-0.2, 0) is 64.0 Å². The van der Waals surface area contributed by atoms with Gasteiger partial charge in [-0.2, -0.15) is 37.0 Å². The van der Waals surface area contributed by atoms with Crippen molar-refractivity contribution in [2.75, 3.05) is 56.2 Å². The first-order chi connectivity index (χ1) is 34.0. The van der Waals surface area contributed by atoms with Crippen LogP contribution in [0.25, 0.3) is 0 Å². The van der Waals surface area contributed by atoms with Gasteiger partial charge in [0.25, 0.3) is 0 Å². The molecule has 0 unspecified atom stereocenters. The Morgan fingerprint density at radius 1 is 0.597 bits per heavy atom. The van der Waals surface area contributed by atoms with Crippen LogP contribution in [-0.4, -0.2) is 186 Å². The molecule has 10 amide bonds. The van der Waals surface area contributed by atoms with Crippen molar-refractivity contribution < 1.29 is 67.7 Å². The summed E-state index contributed by atoms with van der Waals surface area (Å²) in [4.78, 5) is 157. The summed E-state index contributed by atoms with van der Waals surface area (Å²) in [6, 6.07) is -1.47. The average molecular weight is 1070 g/mol. The molecule has 31 heteroatoms. The Hall–Kier alpha value is -6.86. The summed E-state index contributed by atoms with van der Waals surface area (Å²) in [5, 5.41) is 42.2. The molecule has 7 atom stereocenters. The number of carbonyl (C=O) groups is 12. The third-order valence-corrected chi connectivity index (χ3v) is 11.0. The zero-order chi connectivity index (χ0) is 54.3. The number of hydrogen-bond acceptors (Lipinski definition) is 17.